The van der Waals surface area contributed by atoms with Gasteiger partial charge in [0.25, 0.3) is 0 Å². The molecule has 0 spiro atoms. The van der Waals surface area contributed by atoms with E-state index in [-0.39, 0.29) is 6.03 Å². The van der Waals surface area contributed by atoms with Crippen molar-refractivity contribution in [3.05, 3.63) is 54.1 Å². The minimum atomic E-state index is 0.0886. The first-order valence-corrected chi connectivity index (χ1v) is 11.5. The lowest BCUT2D eigenvalue weighted by Crippen LogP contribution is -2.47. The smallest absolute Gasteiger partial charge is 0.317 e. The van der Waals surface area contributed by atoms with E-state index < -0.39 is 0 Å². The Morgan fingerprint density at radius 3 is 2.52 bits per heavy atom. The van der Waals surface area contributed by atoms with Crippen molar-refractivity contribution in [2.24, 2.45) is 4.99 Å². The number of amidine groups is 1. The standard InChI is InChI=1S/C25H30N4O2/c30-25(26-19-9-2-1-3-10-19)29-16-8-15-28(17-18-29)24-20-11-4-6-13-22(20)31-23-14-7-5-12-21(23)27-24/h4-7,11-14,19H,1-3,8-10,15-18H2,(H,26,30). The van der Waals surface area contributed by atoms with Crippen LogP contribution >= 0.6 is 0 Å². The van der Waals surface area contributed by atoms with Gasteiger partial charge in [0.2, 0.25) is 0 Å². The third kappa shape index (κ3) is 4.38. The SMILES string of the molecule is O=C(NC1CCCCC1)N1CCCN(C2=Nc3ccccc3Oc3ccccc32)CC1. The minimum absolute atomic E-state index is 0.0886. The number of nitrogens with one attached hydrogen (secondary N) is 1. The molecule has 6 nitrogen and oxygen atoms in total. The van der Waals surface area contributed by atoms with E-state index in [9.17, 15) is 4.79 Å². The molecular weight excluding hydrogens is 388 g/mol. The molecule has 0 aromatic heterocycles. The number of benzene rings is 2. The third-order valence-electron chi connectivity index (χ3n) is 6.45. The first-order valence-electron chi connectivity index (χ1n) is 11.5. The van der Waals surface area contributed by atoms with Crippen molar-refractivity contribution < 1.29 is 9.53 Å². The van der Waals surface area contributed by atoms with Crippen LogP contribution in [0.5, 0.6) is 11.5 Å². The van der Waals surface area contributed by atoms with E-state index in [1.807, 2.05) is 47.4 Å². The van der Waals surface area contributed by atoms with Crippen LogP contribution in [-0.4, -0.2) is 53.9 Å². The molecule has 0 bridgehead atoms. The number of amides is 2. The van der Waals surface area contributed by atoms with Gasteiger partial charge in [-0.25, -0.2) is 9.79 Å². The van der Waals surface area contributed by atoms with Crippen LogP contribution in [0.3, 0.4) is 0 Å². The maximum atomic E-state index is 12.9. The Morgan fingerprint density at radius 2 is 1.65 bits per heavy atom. The van der Waals surface area contributed by atoms with Gasteiger partial charge in [-0.1, -0.05) is 43.5 Å². The number of rotatable bonds is 1. The average molecular weight is 419 g/mol. The van der Waals surface area contributed by atoms with Crippen LogP contribution in [0, 0.1) is 0 Å². The summed E-state index contributed by atoms with van der Waals surface area (Å²) in [7, 11) is 0. The second kappa shape index (κ2) is 9.00. The van der Waals surface area contributed by atoms with E-state index in [4.69, 9.17) is 9.73 Å². The van der Waals surface area contributed by atoms with E-state index in [0.717, 1.165) is 67.5 Å². The molecule has 1 saturated heterocycles. The van der Waals surface area contributed by atoms with Gasteiger partial charge in [-0.2, -0.15) is 0 Å². The molecule has 1 N–H and O–H groups in total. The number of nitrogens with zero attached hydrogens (tertiary/aromatic N) is 3. The number of fused-ring (bicyclic) bond motifs is 2. The summed E-state index contributed by atoms with van der Waals surface area (Å²) >= 11 is 0. The highest BCUT2D eigenvalue weighted by molar-refractivity contribution is 6.03. The van der Waals surface area contributed by atoms with Crippen LogP contribution < -0.4 is 10.1 Å². The van der Waals surface area contributed by atoms with E-state index in [0.29, 0.717) is 12.6 Å². The average Bonchev–Trinajstić information content (AvgIpc) is 3.14. The molecule has 3 aliphatic rings. The van der Waals surface area contributed by atoms with Crippen LogP contribution in [-0.2, 0) is 0 Å². The van der Waals surface area contributed by atoms with Gasteiger partial charge in [-0.15, -0.1) is 0 Å². The first-order chi connectivity index (χ1) is 15.3. The number of carbonyl (C=O) groups excluding carboxylic acids is 1. The second-order valence-corrected chi connectivity index (χ2v) is 8.61. The van der Waals surface area contributed by atoms with E-state index in [1.54, 1.807) is 0 Å². The second-order valence-electron chi connectivity index (χ2n) is 8.61. The molecule has 2 heterocycles. The van der Waals surface area contributed by atoms with Gasteiger partial charge in [-0.3, -0.25) is 0 Å². The number of hydrogen-bond donors (Lipinski definition) is 1. The highest BCUT2D eigenvalue weighted by Gasteiger charge is 2.26. The molecule has 2 aromatic carbocycles. The zero-order chi connectivity index (χ0) is 21.0. The van der Waals surface area contributed by atoms with Gasteiger partial charge >= 0.3 is 6.03 Å². The summed E-state index contributed by atoms with van der Waals surface area (Å²) in [4.78, 5) is 22.2. The fraction of sp³-hybridized carbons (Fsp3) is 0.440. The molecule has 2 fully saturated rings. The Labute approximate surface area is 183 Å². The number of para-hydroxylation sites is 3. The summed E-state index contributed by atoms with van der Waals surface area (Å²) in [5.74, 6) is 2.52. The Morgan fingerprint density at radius 1 is 0.871 bits per heavy atom. The van der Waals surface area contributed by atoms with Gasteiger partial charge in [-0.05, 0) is 43.5 Å². The fourth-order valence-corrected chi connectivity index (χ4v) is 4.76. The van der Waals surface area contributed by atoms with Crippen LogP contribution in [0.2, 0.25) is 0 Å². The Hall–Kier alpha value is -3.02. The lowest BCUT2D eigenvalue weighted by Gasteiger charge is -2.28. The van der Waals surface area contributed by atoms with Crippen molar-refractivity contribution in [2.45, 2.75) is 44.6 Å². The maximum absolute atomic E-state index is 12.9. The van der Waals surface area contributed by atoms with Crippen molar-refractivity contribution in [1.29, 1.82) is 0 Å². The van der Waals surface area contributed by atoms with Crippen molar-refractivity contribution in [3.63, 3.8) is 0 Å². The van der Waals surface area contributed by atoms with Crippen molar-refractivity contribution in [1.82, 2.24) is 15.1 Å². The van der Waals surface area contributed by atoms with Crippen molar-refractivity contribution >= 4 is 17.6 Å². The molecule has 0 unspecified atom stereocenters. The number of carbonyl (C=O) groups is 1. The van der Waals surface area contributed by atoms with E-state index >= 15 is 0 Å². The summed E-state index contributed by atoms with van der Waals surface area (Å²) in [6, 6.07) is 16.4. The van der Waals surface area contributed by atoms with Gasteiger partial charge in [0.05, 0.1) is 5.56 Å². The van der Waals surface area contributed by atoms with Crippen LogP contribution in [0.1, 0.15) is 44.1 Å². The molecule has 2 aromatic rings. The highest BCUT2D eigenvalue weighted by Crippen LogP contribution is 2.37. The molecule has 1 saturated carbocycles. The molecule has 0 atom stereocenters. The summed E-state index contributed by atoms with van der Waals surface area (Å²) in [6.07, 6.45) is 6.88. The maximum Gasteiger partial charge on any atom is 0.317 e. The fourth-order valence-electron chi connectivity index (χ4n) is 4.76. The molecule has 0 radical (unpaired) electrons. The summed E-state index contributed by atoms with van der Waals surface area (Å²) < 4.78 is 6.18. The number of urea groups is 1. The van der Waals surface area contributed by atoms with Gasteiger partial charge in [0.1, 0.15) is 17.3 Å². The lowest BCUT2D eigenvalue weighted by molar-refractivity contribution is 0.192. The molecule has 162 valence electrons. The number of aliphatic imine (C=N–C) groups is 1. The predicted octanol–water partition coefficient (Wildman–Crippen LogP) is 4.92. The van der Waals surface area contributed by atoms with Crippen molar-refractivity contribution in [3.8, 4) is 11.5 Å². The minimum Gasteiger partial charge on any atom is -0.454 e. The molecule has 5 rings (SSSR count). The summed E-state index contributed by atoms with van der Waals surface area (Å²) in [5, 5.41) is 3.27. The van der Waals surface area contributed by atoms with Crippen molar-refractivity contribution in [2.75, 3.05) is 26.2 Å². The molecule has 1 aliphatic carbocycles. The largest absolute Gasteiger partial charge is 0.454 e. The third-order valence-corrected chi connectivity index (χ3v) is 6.45. The number of ether oxygens (including phenoxy) is 1. The molecular formula is C25H30N4O2. The van der Waals surface area contributed by atoms with E-state index in [2.05, 4.69) is 16.3 Å². The molecule has 2 amide bonds. The molecule has 2 aliphatic heterocycles. The summed E-state index contributed by atoms with van der Waals surface area (Å²) in [6.45, 7) is 3.09. The molecule has 6 heteroatoms. The van der Waals surface area contributed by atoms with Crippen LogP contribution in [0.25, 0.3) is 0 Å². The quantitative estimate of drug-likeness (QED) is 0.715. The van der Waals surface area contributed by atoms with Gasteiger partial charge < -0.3 is 19.9 Å². The Balaban J connectivity index is 1.34. The van der Waals surface area contributed by atoms with Crippen LogP contribution in [0.4, 0.5) is 10.5 Å². The molecule has 31 heavy (non-hydrogen) atoms. The number of hydrogen-bond acceptors (Lipinski definition) is 4. The van der Waals surface area contributed by atoms with E-state index in [1.165, 1.54) is 19.3 Å². The van der Waals surface area contributed by atoms with Gasteiger partial charge in [0.15, 0.2) is 5.75 Å². The highest BCUT2D eigenvalue weighted by atomic mass is 16.5. The van der Waals surface area contributed by atoms with Gasteiger partial charge in [0, 0.05) is 32.2 Å². The zero-order valence-corrected chi connectivity index (χ0v) is 17.9. The monoisotopic (exact) mass is 418 g/mol. The summed E-state index contributed by atoms with van der Waals surface area (Å²) in [5.41, 5.74) is 1.84. The topological polar surface area (TPSA) is 57.2 Å². The Bertz CT molecular complexity index is 967. The predicted molar refractivity (Wildman–Crippen MR) is 122 cm³/mol. The van der Waals surface area contributed by atoms with Crippen LogP contribution in [0.15, 0.2) is 53.5 Å². The Kier molecular flexibility index (Phi) is 5.78. The first kappa shape index (κ1) is 19.9. The lowest BCUT2D eigenvalue weighted by atomic mass is 9.96. The normalized spacial score (nSPS) is 19.3. The zero-order valence-electron chi connectivity index (χ0n) is 17.9.